The number of aromatic nitrogens is 4. The molecule has 0 bridgehead atoms. The van der Waals surface area contributed by atoms with E-state index in [1.54, 1.807) is 13.0 Å². The largest absolute Gasteiger partial charge is 0.340 e. The summed E-state index contributed by atoms with van der Waals surface area (Å²) in [6.45, 7) is 3.19. The summed E-state index contributed by atoms with van der Waals surface area (Å²) >= 11 is 0. The highest BCUT2D eigenvalue weighted by atomic mass is 19.1. The van der Waals surface area contributed by atoms with E-state index in [9.17, 15) is 8.78 Å². The first-order valence-corrected chi connectivity index (χ1v) is 5.94. The molecule has 0 aliphatic heterocycles. The lowest BCUT2D eigenvalue weighted by Crippen LogP contribution is -2.03. The first-order chi connectivity index (χ1) is 9.54. The summed E-state index contributed by atoms with van der Waals surface area (Å²) in [5, 5.41) is 6.93. The van der Waals surface area contributed by atoms with Crippen molar-refractivity contribution in [2.24, 2.45) is 0 Å². The third-order valence-electron chi connectivity index (χ3n) is 2.93. The summed E-state index contributed by atoms with van der Waals surface area (Å²) in [4.78, 5) is 8.17. The summed E-state index contributed by atoms with van der Waals surface area (Å²) in [5.41, 5.74) is 1.02. The Morgan fingerprint density at radius 1 is 1.10 bits per heavy atom. The summed E-state index contributed by atoms with van der Waals surface area (Å²) in [6, 6.07) is 4.19. The second-order valence-electron chi connectivity index (χ2n) is 4.44. The number of hydrogen-bond donors (Lipinski definition) is 1. The number of halogens is 2. The highest BCUT2D eigenvalue weighted by Gasteiger charge is 2.10. The Labute approximate surface area is 113 Å². The maximum atomic E-state index is 13.5. The van der Waals surface area contributed by atoms with E-state index in [0.29, 0.717) is 17.3 Å². The molecule has 7 heteroatoms. The van der Waals surface area contributed by atoms with Gasteiger partial charge in [0.2, 0.25) is 0 Å². The molecular weight excluding hydrogens is 264 g/mol. The molecule has 0 saturated heterocycles. The lowest BCUT2D eigenvalue weighted by Gasteiger charge is -2.10. The van der Waals surface area contributed by atoms with Gasteiger partial charge in [0, 0.05) is 23.0 Å². The number of aryl methyl sites for hydroxylation is 1. The lowest BCUT2D eigenvalue weighted by molar-refractivity contribution is 0.569. The molecule has 20 heavy (non-hydrogen) atoms. The molecule has 0 spiro atoms. The standard InChI is InChI=1S/C13H11F2N5/c1-7-3-12(20-13(18-7)16-6-17-20)19-9-4-10(14)8(2)11(15)5-9/h3-6,19H,1-2H3. The minimum Gasteiger partial charge on any atom is -0.340 e. The molecule has 0 fully saturated rings. The van der Waals surface area contributed by atoms with Gasteiger partial charge < -0.3 is 5.32 Å². The van der Waals surface area contributed by atoms with Crippen LogP contribution in [0.25, 0.3) is 5.78 Å². The van der Waals surface area contributed by atoms with Crippen LogP contribution < -0.4 is 5.32 Å². The normalized spacial score (nSPS) is 11.0. The average molecular weight is 275 g/mol. The third kappa shape index (κ3) is 2.07. The number of hydrogen-bond acceptors (Lipinski definition) is 4. The van der Waals surface area contributed by atoms with E-state index in [1.165, 1.54) is 29.9 Å². The molecule has 1 N–H and O–H groups in total. The van der Waals surface area contributed by atoms with Gasteiger partial charge in [-0.15, -0.1) is 0 Å². The number of anilines is 2. The van der Waals surface area contributed by atoms with Gasteiger partial charge in [-0.3, -0.25) is 0 Å². The molecule has 5 nitrogen and oxygen atoms in total. The minimum atomic E-state index is -0.604. The van der Waals surface area contributed by atoms with Crippen LogP contribution in [-0.4, -0.2) is 19.6 Å². The molecular formula is C13H11F2N5. The molecule has 2 heterocycles. The highest BCUT2D eigenvalue weighted by molar-refractivity contribution is 5.59. The van der Waals surface area contributed by atoms with Gasteiger partial charge in [0.05, 0.1) is 0 Å². The molecule has 0 amide bonds. The van der Waals surface area contributed by atoms with Gasteiger partial charge in [0.1, 0.15) is 23.8 Å². The fourth-order valence-electron chi connectivity index (χ4n) is 1.88. The van der Waals surface area contributed by atoms with Gasteiger partial charge in [0.25, 0.3) is 5.78 Å². The van der Waals surface area contributed by atoms with E-state index in [2.05, 4.69) is 20.4 Å². The fourth-order valence-corrected chi connectivity index (χ4v) is 1.88. The monoisotopic (exact) mass is 275 g/mol. The van der Waals surface area contributed by atoms with Crippen molar-refractivity contribution >= 4 is 17.3 Å². The van der Waals surface area contributed by atoms with E-state index in [0.717, 1.165) is 5.69 Å². The first-order valence-electron chi connectivity index (χ1n) is 5.94. The van der Waals surface area contributed by atoms with E-state index < -0.39 is 11.6 Å². The molecule has 102 valence electrons. The number of benzene rings is 1. The topological polar surface area (TPSA) is 55.1 Å². The average Bonchev–Trinajstić information content (AvgIpc) is 2.84. The summed E-state index contributed by atoms with van der Waals surface area (Å²) in [5.74, 6) is -0.255. The number of rotatable bonds is 2. The SMILES string of the molecule is Cc1cc(Nc2cc(F)c(C)c(F)c2)n2ncnc2n1. The minimum absolute atomic E-state index is 0.00707. The Morgan fingerprint density at radius 3 is 2.50 bits per heavy atom. The van der Waals surface area contributed by atoms with Crippen LogP contribution in [-0.2, 0) is 0 Å². The predicted octanol–water partition coefficient (Wildman–Crippen LogP) is 2.76. The van der Waals surface area contributed by atoms with E-state index in [1.807, 2.05) is 0 Å². The van der Waals surface area contributed by atoms with E-state index in [4.69, 9.17) is 0 Å². The van der Waals surface area contributed by atoms with Crippen LogP contribution in [0.4, 0.5) is 20.3 Å². The van der Waals surface area contributed by atoms with Crippen molar-refractivity contribution in [2.45, 2.75) is 13.8 Å². The van der Waals surface area contributed by atoms with Gasteiger partial charge in [-0.25, -0.2) is 13.8 Å². The molecule has 0 unspecified atom stereocenters. The maximum absolute atomic E-state index is 13.5. The number of nitrogens with zero attached hydrogens (tertiary/aromatic N) is 4. The van der Waals surface area contributed by atoms with Crippen molar-refractivity contribution in [3.63, 3.8) is 0 Å². The highest BCUT2D eigenvalue weighted by Crippen LogP contribution is 2.22. The lowest BCUT2D eigenvalue weighted by atomic mass is 10.2. The zero-order valence-electron chi connectivity index (χ0n) is 10.9. The van der Waals surface area contributed by atoms with Crippen LogP contribution >= 0.6 is 0 Å². The predicted molar refractivity (Wildman–Crippen MR) is 69.9 cm³/mol. The molecule has 3 aromatic rings. The number of nitrogens with one attached hydrogen (secondary N) is 1. The molecule has 2 aromatic heterocycles. The van der Waals surface area contributed by atoms with Crippen molar-refractivity contribution in [1.82, 2.24) is 19.6 Å². The zero-order valence-corrected chi connectivity index (χ0v) is 10.9. The second kappa shape index (κ2) is 4.52. The van der Waals surface area contributed by atoms with Crippen LogP contribution in [0.2, 0.25) is 0 Å². The van der Waals surface area contributed by atoms with Gasteiger partial charge >= 0.3 is 0 Å². The Hall–Kier alpha value is -2.57. The Kier molecular flexibility index (Phi) is 2.81. The molecule has 0 saturated carbocycles. The molecule has 0 aliphatic carbocycles. The molecule has 3 rings (SSSR count). The Bertz CT molecular complexity index is 774. The van der Waals surface area contributed by atoms with Crippen molar-refractivity contribution in [1.29, 1.82) is 0 Å². The van der Waals surface area contributed by atoms with Gasteiger partial charge in [-0.1, -0.05) is 0 Å². The van der Waals surface area contributed by atoms with Gasteiger partial charge in [-0.05, 0) is 26.0 Å². The van der Waals surface area contributed by atoms with Crippen molar-refractivity contribution in [3.05, 3.63) is 47.4 Å². The Balaban J connectivity index is 2.07. The fraction of sp³-hybridized carbons (Fsp3) is 0.154. The molecule has 0 atom stereocenters. The third-order valence-corrected chi connectivity index (χ3v) is 2.93. The van der Waals surface area contributed by atoms with Crippen LogP contribution in [0.3, 0.4) is 0 Å². The van der Waals surface area contributed by atoms with Crippen LogP contribution in [0.15, 0.2) is 24.5 Å². The van der Waals surface area contributed by atoms with Crippen LogP contribution in [0.1, 0.15) is 11.3 Å². The second-order valence-corrected chi connectivity index (χ2v) is 4.44. The van der Waals surface area contributed by atoms with Crippen molar-refractivity contribution in [2.75, 3.05) is 5.32 Å². The zero-order chi connectivity index (χ0) is 14.3. The van der Waals surface area contributed by atoms with Crippen molar-refractivity contribution in [3.8, 4) is 0 Å². The summed E-state index contributed by atoms with van der Waals surface area (Å²) < 4.78 is 28.6. The quantitative estimate of drug-likeness (QED) is 0.781. The summed E-state index contributed by atoms with van der Waals surface area (Å²) in [7, 11) is 0. The van der Waals surface area contributed by atoms with Gasteiger partial charge in [0.15, 0.2) is 0 Å². The van der Waals surface area contributed by atoms with Crippen LogP contribution in [0.5, 0.6) is 0 Å². The van der Waals surface area contributed by atoms with E-state index in [-0.39, 0.29) is 5.56 Å². The van der Waals surface area contributed by atoms with Gasteiger partial charge in [-0.2, -0.15) is 14.6 Å². The molecule has 0 aliphatic rings. The first kappa shape index (κ1) is 12.5. The Morgan fingerprint density at radius 2 is 1.80 bits per heavy atom. The smallest absolute Gasteiger partial charge is 0.254 e. The van der Waals surface area contributed by atoms with Crippen molar-refractivity contribution < 1.29 is 8.78 Å². The van der Waals surface area contributed by atoms with Crippen LogP contribution in [0, 0.1) is 25.5 Å². The summed E-state index contributed by atoms with van der Waals surface area (Å²) in [6.07, 6.45) is 1.36. The maximum Gasteiger partial charge on any atom is 0.254 e. The molecule has 0 radical (unpaired) electrons. The number of fused-ring (bicyclic) bond motifs is 1. The van der Waals surface area contributed by atoms with E-state index >= 15 is 0 Å². The molecule has 1 aromatic carbocycles.